The van der Waals surface area contributed by atoms with E-state index in [1.54, 1.807) is 31.2 Å². The number of benzene rings is 2. The Morgan fingerprint density at radius 1 is 1.11 bits per heavy atom. The SMILES string of the molecule is CCC(=O)Oc1cccc(-c2cccc(F)c2)c1. The number of halogens is 1. The van der Waals surface area contributed by atoms with Gasteiger partial charge in [-0.15, -0.1) is 0 Å². The fraction of sp³-hybridized carbons (Fsp3) is 0.133. The molecule has 0 heterocycles. The first-order chi connectivity index (χ1) is 8.69. The normalized spacial score (nSPS) is 10.1. The van der Waals surface area contributed by atoms with Gasteiger partial charge in [-0.05, 0) is 35.4 Å². The topological polar surface area (TPSA) is 26.3 Å². The zero-order valence-corrected chi connectivity index (χ0v) is 10.0. The van der Waals surface area contributed by atoms with Crippen molar-refractivity contribution >= 4 is 5.97 Å². The summed E-state index contributed by atoms with van der Waals surface area (Å²) in [4.78, 5) is 11.2. The van der Waals surface area contributed by atoms with Gasteiger partial charge in [-0.25, -0.2) is 4.39 Å². The Balaban J connectivity index is 2.29. The van der Waals surface area contributed by atoms with E-state index in [9.17, 15) is 9.18 Å². The first-order valence-electron chi connectivity index (χ1n) is 5.75. The highest BCUT2D eigenvalue weighted by Crippen LogP contribution is 2.24. The van der Waals surface area contributed by atoms with Crippen LogP contribution in [0.3, 0.4) is 0 Å². The molecule has 0 aliphatic rings. The molecule has 2 aromatic carbocycles. The van der Waals surface area contributed by atoms with Crippen LogP contribution < -0.4 is 4.74 Å². The van der Waals surface area contributed by atoms with Crippen LogP contribution in [0.25, 0.3) is 11.1 Å². The molecule has 0 aromatic heterocycles. The van der Waals surface area contributed by atoms with Gasteiger partial charge < -0.3 is 4.74 Å². The van der Waals surface area contributed by atoms with Crippen molar-refractivity contribution in [2.45, 2.75) is 13.3 Å². The monoisotopic (exact) mass is 244 g/mol. The summed E-state index contributed by atoms with van der Waals surface area (Å²) in [7, 11) is 0. The van der Waals surface area contributed by atoms with Crippen molar-refractivity contribution in [3.05, 3.63) is 54.3 Å². The molecule has 0 radical (unpaired) electrons. The lowest BCUT2D eigenvalue weighted by Crippen LogP contribution is -2.05. The van der Waals surface area contributed by atoms with Gasteiger partial charge >= 0.3 is 5.97 Å². The average Bonchev–Trinajstić information content (AvgIpc) is 2.39. The summed E-state index contributed by atoms with van der Waals surface area (Å²) in [6.45, 7) is 1.73. The van der Waals surface area contributed by atoms with Crippen LogP contribution >= 0.6 is 0 Å². The third kappa shape index (κ3) is 2.94. The van der Waals surface area contributed by atoms with E-state index >= 15 is 0 Å². The van der Waals surface area contributed by atoms with Crippen LogP contribution in [-0.2, 0) is 4.79 Å². The van der Waals surface area contributed by atoms with Gasteiger partial charge in [0, 0.05) is 6.42 Å². The van der Waals surface area contributed by atoms with Crippen molar-refractivity contribution < 1.29 is 13.9 Å². The predicted molar refractivity (Wildman–Crippen MR) is 67.8 cm³/mol. The molecule has 2 rings (SSSR count). The van der Waals surface area contributed by atoms with E-state index in [-0.39, 0.29) is 11.8 Å². The van der Waals surface area contributed by atoms with E-state index in [4.69, 9.17) is 4.74 Å². The Morgan fingerprint density at radius 2 is 1.78 bits per heavy atom. The van der Waals surface area contributed by atoms with Crippen molar-refractivity contribution in [3.63, 3.8) is 0 Å². The van der Waals surface area contributed by atoms with E-state index in [0.717, 1.165) is 11.1 Å². The highest BCUT2D eigenvalue weighted by Gasteiger charge is 2.04. The van der Waals surface area contributed by atoms with E-state index in [0.29, 0.717) is 12.2 Å². The molecule has 0 N–H and O–H groups in total. The van der Waals surface area contributed by atoms with E-state index < -0.39 is 0 Å². The molecule has 3 heteroatoms. The minimum absolute atomic E-state index is 0.286. The summed E-state index contributed by atoms with van der Waals surface area (Å²) in [5.41, 5.74) is 1.57. The summed E-state index contributed by atoms with van der Waals surface area (Å²) < 4.78 is 18.3. The van der Waals surface area contributed by atoms with Crippen LogP contribution in [0.1, 0.15) is 13.3 Å². The molecule has 0 amide bonds. The van der Waals surface area contributed by atoms with Crippen LogP contribution in [-0.4, -0.2) is 5.97 Å². The largest absolute Gasteiger partial charge is 0.427 e. The number of carbonyl (C=O) groups excluding carboxylic acids is 1. The molecule has 2 nitrogen and oxygen atoms in total. The van der Waals surface area contributed by atoms with Crippen molar-refractivity contribution in [1.82, 2.24) is 0 Å². The highest BCUT2D eigenvalue weighted by atomic mass is 19.1. The zero-order valence-electron chi connectivity index (χ0n) is 10.0. The van der Waals surface area contributed by atoms with Gasteiger partial charge in [0.15, 0.2) is 0 Å². The second kappa shape index (κ2) is 5.45. The second-order valence-electron chi connectivity index (χ2n) is 3.87. The van der Waals surface area contributed by atoms with Gasteiger partial charge in [-0.1, -0.05) is 31.2 Å². The average molecular weight is 244 g/mol. The summed E-state index contributed by atoms with van der Waals surface area (Å²) in [6.07, 6.45) is 0.324. The maximum absolute atomic E-state index is 13.1. The number of hydrogen-bond donors (Lipinski definition) is 0. The maximum Gasteiger partial charge on any atom is 0.310 e. The molecule has 0 aliphatic heterocycles. The third-order valence-corrected chi connectivity index (χ3v) is 2.51. The predicted octanol–water partition coefficient (Wildman–Crippen LogP) is 3.81. The molecule has 0 atom stereocenters. The Morgan fingerprint density at radius 3 is 2.44 bits per heavy atom. The fourth-order valence-electron chi connectivity index (χ4n) is 1.61. The minimum Gasteiger partial charge on any atom is -0.427 e. The molecule has 2 aromatic rings. The van der Waals surface area contributed by atoms with Crippen molar-refractivity contribution in [1.29, 1.82) is 0 Å². The molecule has 0 saturated carbocycles. The molecule has 0 unspecified atom stereocenters. The molecule has 0 saturated heterocycles. The molecule has 0 bridgehead atoms. The summed E-state index contributed by atoms with van der Waals surface area (Å²) in [5, 5.41) is 0. The van der Waals surface area contributed by atoms with Gasteiger partial charge in [-0.3, -0.25) is 4.79 Å². The molecule has 0 aliphatic carbocycles. The summed E-state index contributed by atoms with van der Waals surface area (Å²) in [6, 6.07) is 13.3. The first kappa shape index (κ1) is 12.3. The molecule has 0 spiro atoms. The second-order valence-corrected chi connectivity index (χ2v) is 3.87. The minimum atomic E-state index is -0.288. The Bertz CT molecular complexity index is 564. The molecule has 18 heavy (non-hydrogen) atoms. The Kier molecular flexibility index (Phi) is 3.72. The quantitative estimate of drug-likeness (QED) is 0.606. The number of rotatable bonds is 3. The van der Waals surface area contributed by atoms with Gasteiger partial charge in [0.25, 0.3) is 0 Å². The number of ether oxygens (including phenoxy) is 1. The third-order valence-electron chi connectivity index (χ3n) is 2.51. The van der Waals surface area contributed by atoms with Crippen LogP contribution in [0.15, 0.2) is 48.5 Å². The molecular weight excluding hydrogens is 231 g/mol. The fourth-order valence-corrected chi connectivity index (χ4v) is 1.61. The van der Waals surface area contributed by atoms with Gasteiger partial charge in [0.1, 0.15) is 11.6 Å². The molecular formula is C15H13FO2. The van der Waals surface area contributed by atoms with Crippen molar-refractivity contribution in [2.24, 2.45) is 0 Å². The lowest BCUT2D eigenvalue weighted by Gasteiger charge is -2.06. The Labute approximate surface area is 105 Å². The van der Waals surface area contributed by atoms with Crippen LogP contribution in [0.2, 0.25) is 0 Å². The number of carbonyl (C=O) groups is 1. The summed E-state index contributed by atoms with van der Waals surface area (Å²) in [5.74, 6) is -0.0986. The lowest BCUT2D eigenvalue weighted by molar-refractivity contribution is -0.134. The van der Waals surface area contributed by atoms with Crippen molar-refractivity contribution in [2.75, 3.05) is 0 Å². The number of esters is 1. The lowest BCUT2D eigenvalue weighted by atomic mass is 10.1. The Hall–Kier alpha value is -2.16. The van der Waals surface area contributed by atoms with Crippen LogP contribution in [0.4, 0.5) is 4.39 Å². The van der Waals surface area contributed by atoms with Crippen LogP contribution in [0.5, 0.6) is 5.75 Å². The standard InChI is InChI=1S/C15H13FO2/c1-2-15(17)18-14-8-4-6-12(10-14)11-5-3-7-13(16)9-11/h3-10H,2H2,1H3. The molecule has 92 valence electrons. The highest BCUT2D eigenvalue weighted by molar-refractivity contribution is 5.73. The summed E-state index contributed by atoms with van der Waals surface area (Å²) >= 11 is 0. The van der Waals surface area contributed by atoms with Gasteiger partial charge in [0.05, 0.1) is 0 Å². The van der Waals surface area contributed by atoms with Gasteiger partial charge in [0.2, 0.25) is 0 Å². The smallest absolute Gasteiger partial charge is 0.310 e. The first-order valence-corrected chi connectivity index (χ1v) is 5.75. The van der Waals surface area contributed by atoms with E-state index in [1.807, 2.05) is 12.1 Å². The van der Waals surface area contributed by atoms with Crippen molar-refractivity contribution in [3.8, 4) is 16.9 Å². The maximum atomic E-state index is 13.1. The number of hydrogen-bond acceptors (Lipinski definition) is 2. The van der Waals surface area contributed by atoms with E-state index in [1.165, 1.54) is 12.1 Å². The van der Waals surface area contributed by atoms with Crippen LogP contribution in [0, 0.1) is 5.82 Å². The van der Waals surface area contributed by atoms with Gasteiger partial charge in [-0.2, -0.15) is 0 Å². The molecule has 0 fully saturated rings. The zero-order chi connectivity index (χ0) is 13.0. The van der Waals surface area contributed by atoms with E-state index in [2.05, 4.69) is 0 Å².